The van der Waals surface area contributed by atoms with E-state index >= 15 is 0 Å². The minimum Gasteiger partial charge on any atom is -0.295 e. The molecule has 2 heterocycles. The maximum atomic E-state index is 12.6. The average Bonchev–Trinajstić information content (AvgIpc) is 3.00. The van der Waals surface area contributed by atoms with Gasteiger partial charge in [-0.15, -0.1) is 0 Å². The highest BCUT2D eigenvalue weighted by Crippen LogP contribution is 2.32. The van der Waals surface area contributed by atoms with Crippen molar-refractivity contribution in [1.82, 2.24) is 10.2 Å². The van der Waals surface area contributed by atoms with E-state index in [9.17, 15) is 13.2 Å². The molecule has 0 saturated carbocycles. The molecule has 0 saturated heterocycles. The second-order valence-corrected chi connectivity index (χ2v) is 6.88. The van der Waals surface area contributed by atoms with Gasteiger partial charge in [-0.1, -0.05) is 0 Å². The number of nitrogens with zero attached hydrogens (tertiary/aromatic N) is 2. The number of nitrogens with one attached hydrogen (secondary N) is 1. The topological polar surface area (TPSA) is 83.1 Å². The van der Waals surface area contributed by atoms with Crippen LogP contribution in [-0.4, -0.2) is 30.9 Å². The van der Waals surface area contributed by atoms with Crippen molar-refractivity contribution in [3.05, 3.63) is 41.7 Å². The highest BCUT2D eigenvalue weighted by molar-refractivity contribution is 7.92. The molecule has 1 aromatic carbocycles. The van der Waals surface area contributed by atoms with E-state index in [1.807, 2.05) is 0 Å². The standard InChI is InChI=1S/C14H15N3O3S/c1-10(18)11-4-5-14-12(7-11)3-2-6-17(14)21(19,20)13-8-15-16-9-13/h4-5,7-9H,2-3,6H2,1H3,(H,15,16). The van der Waals surface area contributed by atoms with Crippen molar-refractivity contribution >= 4 is 21.5 Å². The van der Waals surface area contributed by atoms with Crippen LogP contribution in [0.4, 0.5) is 5.69 Å². The molecule has 1 aromatic heterocycles. The molecule has 0 fully saturated rings. The molecule has 21 heavy (non-hydrogen) atoms. The molecule has 0 aliphatic carbocycles. The van der Waals surface area contributed by atoms with Crippen LogP contribution in [-0.2, 0) is 16.4 Å². The fourth-order valence-electron chi connectivity index (χ4n) is 2.54. The van der Waals surface area contributed by atoms with Gasteiger partial charge >= 0.3 is 0 Å². The smallest absolute Gasteiger partial charge is 0.267 e. The van der Waals surface area contributed by atoms with E-state index in [-0.39, 0.29) is 10.7 Å². The van der Waals surface area contributed by atoms with Crippen molar-refractivity contribution in [3.63, 3.8) is 0 Å². The number of sulfonamides is 1. The quantitative estimate of drug-likeness (QED) is 0.876. The molecule has 0 radical (unpaired) electrons. The Labute approximate surface area is 122 Å². The van der Waals surface area contributed by atoms with Crippen LogP contribution in [0.2, 0.25) is 0 Å². The van der Waals surface area contributed by atoms with Crippen molar-refractivity contribution in [3.8, 4) is 0 Å². The highest BCUT2D eigenvalue weighted by Gasteiger charge is 2.29. The first-order chi connectivity index (χ1) is 10.00. The minimum absolute atomic E-state index is 0.0207. The van der Waals surface area contributed by atoms with Crippen molar-refractivity contribution in [2.75, 3.05) is 10.8 Å². The first kappa shape index (κ1) is 13.8. The number of anilines is 1. The third-order valence-electron chi connectivity index (χ3n) is 3.62. The van der Waals surface area contributed by atoms with Crippen molar-refractivity contribution in [1.29, 1.82) is 0 Å². The molecule has 0 bridgehead atoms. The molecule has 0 spiro atoms. The van der Waals surface area contributed by atoms with Crippen LogP contribution >= 0.6 is 0 Å². The van der Waals surface area contributed by atoms with Gasteiger partial charge in [-0.05, 0) is 43.5 Å². The van der Waals surface area contributed by atoms with Gasteiger partial charge in [0.05, 0.1) is 11.9 Å². The van der Waals surface area contributed by atoms with Gasteiger partial charge in [0.2, 0.25) is 0 Å². The summed E-state index contributed by atoms with van der Waals surface area (Å²) in [6.07, 6.45) is 4.17. The number of carbonyl (C=O) groups excluding carboxylic acids is 1. The van der Waals surface area contributed by atoms with Crippen LogP contribution in [0.3, 0.4) is 0 Å². The number of hydrogen-bond donors (Lipinski definition) is 1. The molecular formula is C14H15N3O3S. The predicted octanol–water partition coefficient (Wildman–Crippen LogP) is 1.75. The number of carbonyl (C=O) groups is 1. The maximum Gasteiger partial charge on any atom is 0.267 e. The summed E-state index contributed by atoms with van der Waals surface area (Å²) in [5.41, 5.74) is 2.14. The van der Waals surface area contributed by atoms with Crippen LogP contribution < -0.4 is 4.31 Å². The van der Waals surface area contributed by atoms with Crippen molar-refractivity contribution in [2.45, 2.75) is 24.7 Å². The number of Topliss-reactive ketones (excluding diaryl/α,β-unsaturated/α-hetero) is 1. The van der Waals surface area contributed by atoms with E-state index < -0.39 is 10.0 Å². The molecule has 2 aromatic rings. The number of ketones is 1. The summed E-state index contributed by atoms with van der Waals surface area (Å²) in [4.78, 5) is 11.6. The number of fused-ring (bicyclic) bond motifs is 1. The van der Waals surface area contributed by atoms with Gasteiger partial charge in [0.25, 0.3) is 10.0 Å². The number of aromatic nitrogens is 2. The van der Waals surface area contributed by atoms with Crippen LogP contribution in [0, 0.1) is 0 Å². The number of aryl methyl sites for hydroxylation is 1. The lowest BCUT2D eigenvalue weighted by molar-refractivity contribution is 0.101. The van der Waals surface area contributed by atoms with Crippen molar-refractivity contribution in [2.24, 2.45) is 0 Å². The molecule has 3 rings (SSSR count). The molecule has 110 valence electrons. The lowest BCUT2D eigenvalue weighted by Crippen LogP contribution is -2.35. The number of benzene rings is 1. The van der Waals surface area contributed by atoms with Gasteiger partial charge in [0.1, 0.15) is 4.90 Å². The number of aromatic amines is 1. The first-order valence-corrected chi connectivity index (χ1v) is 8.09. The Morgan fingerprint density at radius 1 is 1.38 bits per heavy atom. The molecule has 1 aliphatic heterocycles. The SMILES string of the molecule is CC(=O)c1ccc2c(c1)CCCN2S(=O)(=O)c1cn[nH]c1. The van der Waals surface area contributed by atoms with Crippen LogP contribution in [0.25, 0.3) is 0 Å². The average molecular weight is 305 g/mol. The summed E-state index contributed by atoms with van der Waals surface area (Å²) in [6, 6.07) is 5.17. The molecule has 1 aliphatic rings. The fourth-order valence-corrected chi connectivity index (χ4v) is 3.99. The van der Waals surface area contributed by atoms with Gasteiger partial charge in [-0.3, -0.25) is 14.2 Å². The lowest BCUT2D eigenvalue weighted by Gasteiger charge is -2.30. The van der Waals surface area contributed by atoms with Gasteiger partial charge in [0.15, 0.2) is 5.78 Å². The molecule has 1 N–H and O–H groups in total. The summed E-state index contributed by atoms with van der Waals surface area (Å²) in [5, 5.41) is 6.22. The number of hydrogen-bond acceptors (Lipinski definition) is 4. The largest absolute Gasteiger partial charge is 0.295 e. The van der Waals surface area contributed by atoms with Gasteiger partial charge in [-0.25, -0.2) is 8.42 Å². The Bertz CT molecular complexity index is 782. The highest BCUT2D eigenvalue weighted by atomic mass is 32.2. The summed E-state index contributed by atoms with van der Waals surface area (Å²) < 4.78 is 26.6. The van der Waals surface area contributed by atoms with Gasteiger partial charge in [0, 0.05) is 18.3 Å². The third kappa shape index (κ3) is 2.33. The second-order valence-electron chi connectivity index (χ2n) is 5.01. The fraction of sp³-hybridized carbons (Fsp3) is 0.286. The maximum absolute atomic E-state index is 12.6. The molecule has 7 heteroatoms. The zero-order valence-corrected chi connectivity index (χ0v) is 12.4. The van der Waals surface area contributed by atoms with Gasteiger partial charge < -0.3 is 0 Å². The second kappa shape index (κ2) is 5.00. The molecule has 6 nitrogen and oxygen atoms in total. The van der Waals surface area contributed by atoms with E-state index in [1.165, 1.54) is 23.6 Å². The third-order valence-corrected chi connectivity index (χ3v) is 5.40. The van der Waals surface area contributed by atoms with Gasteiger partial charge in [-0.2, -0.15) is 5.10 Å². The Hall–Kier alpha value is -2.15. The van der Waals surface area contributed by atoms with Crippen LogP contribution in [0.15, 0.2) is 35.5 Å². The predicted molar refractivity (Wildman–Crippen MR) is 77.9 cm³/mol. The number of rotatable bonds is 3. The monoisotopic (exact) mass is 305 g/mol. The van der Waals surface area contributed by atoms with E-state index in [0.29, 0.717) is 17.8 Å². The molecule has 0 atom stereocenters. The number of H-pyrrole nitrogens is 1. The summed E-state index contributed by atoms with van der Waals surface area (Å²) >= 11 is 0. The molecule has 0 amide bonds. The zero-order valence-electron chi connectivity index (χ0n) is 11.5. The normalized spacial score (nSPS) is 14.8. The summed E-state index contributed by atoms with van der Waals surface area (Å²) in [7, 11) is -3.61. The zero-order chi connectivity index (χ0) is 15.0. The van der Waals surface area contributed by atoms with E-state index in [1.54, 1.807) is 18.2 Å². The van der Waals surface area contributed by atoms with Crippen LogP contribution in [0.5, 0.6) is 0 Å². The Balaban J connectivity index is 2.07. The van der Waals surface area contributed by atoms with Crippen LogP contribution in [0.1, 0.15) is 29.3 Å². The van der Waals surface area contributed by atoms with E-state index in [4.69, 9.17) is 0 Å². The molecule has 0 unspecified atom stereocenters. The van der Waals surface area contributed by atoms with E-state index in [0.717, 1.165) is 18.4 Å². The lowest BCUT2D eigenvalue weighted by atomic mass is 9.99. The summed E-state index contributed by atoms with van der Waals surface area (Å²) in [5.74, 6) is -0.0207. The van der Waals surface area contributed by atoms with E-state index in [2.05, 4.69) is 10.2 Å². The summed E-state index contributed by atoms with van der Waals surface area (Å²) in [6.45, 7) is 1.93. The Kier molecular flexibility index (Phi) is 3.29. The Morgan fingerprint density at radius 2 is 2.19 bits per heavy atom. The van der Waals surface area contributed by atoms with Crippen molar-refractivity contribution < 1.29 is 13.2 Å². The minimum atomic E-state index is -3.61. The molecular weight excluding hydrogens is 290 g/mol. The first-order valence-electron chi connectivity index (χ1n) is 6.65. The Morgan fingerprint density at radius 3 is 2.86 bits per heavy atom.